The van der Waals surface area contributed by atoms with Crippen molar-refractivity contribution in [3.05, 3.63) is 66.0 Å². The summed E-state index contributed by atoms with van der Waals surface area (Å²) >= 11 is 0. The molecule has 0 unspecified atom stereocenters. The summed E-state index contributed by atoms with van der Waals surface area (Å²) in [5.74, 6) is 1.14. The second-order valence-corrected chi connectivity index (χ2v) is 6.78. The molecule has 0 atom stereocenters. The number of halogens is 1. The fraction of sp³-hybridized carbons (Fsp3) is 0.238. The van der Waals surface area contributed by atoms with Gasteiger partial charge in [0, 0.05) is 18.8 Å². The zero-order valence-electron chi connectivity index (χ0n) is 16.1. The van der Waals surface area contributed by atoms with Crippen LogP contribution in [0, 0.1) is 5.82 Å². The summed E-state index contributed by atoms with van der Waals surface area (Å²) in [6, 6.07) is 15.9. The minimum Gasteiger partial charge on any atom is -0.341 e. The zero-order valence-corrected chi connectivity index (χ0v) is 16.1. The second-order valence-electron chi connectivity index (χ2n) is 6.78. The van der Waals surface area contributed by atoms with Crippen molar-refractivity contribution in [1.82, 2.24) is 15.0 Å². The summed E-state index contributed by atoms with van der Waals surface area (Å²) in [7, 11) is 0. The number of hydrogen-bond donors (Lipinski definition) is 2. The lowest BCUT2D eigenvalue weighted by Crippen LogP contribution is -2.22. The molecular weight excluding hydrogens is 369 g/mol. The largest absolute Gasteiger partial charge is 0.341 e. The van der Waals surface area contributed by atoms with Crippen molar-refractivity contribution in [1.29, 1.82) is 0 Å². The Kier molecular flexibility index (Phi) is 5.60. The molecule has 148 valence electrons. The van der Waals surface area contributed by atoms with Crippen molar-refractivity contribution in [3.8, 4) is 0 Å². The van der Waals surface area contributed by atoms with E-state index in [0.29, 0.717) is 23.6 Å². The van der Waals surface area contributed by atoms with E-state index in [1.54, 1.807) is 12.1 Å². The van der Waals surface area contributed by atoms with Gasteiger partial charge in [0.05, 0.1) is 5.71 Å². The Morgan fingerprint density at radius 3 is 2.34 bits per heavy atom. The van der Waals surface area contributed by atoms with Gasteiger partial charge in [-0.05, 0) is 49.6 Å². The molecule has 2 heterocycles. The van der Waals surface area contributed by atoms with Crippen molar-refractivity contribution in [2.45, 2.75) is 19.8 Å². The van der Waals surface area contributed by atoms with E-state index in [4.69, 9.17) is 0 Å². The molecule has 0 amide bonds. The number of rotatable bonds is 6. The standard InChI is InChI=1S/C21H22FN7/c1-15(16-9-11-17(22)12-10-16)27-28-20-24-19(23-18-7-3-2-4-8-18)25-21(26-20)29-13-5-6-14-29/h2-4,7-12H,5-6,13-14H2,1H3,(H2,23,24,25,26,28)/b27-15+. The normalized spacial score (nSPS) is 14.1. The number of nitrogens with zero attached hydrogens (tertiary/aromatic N) is 5. The molecule has 1 aromatic heterocycles. The molecule has 0 spiro atoms. The molecule has 1 fully saturated rings. The molecule has 29 heavy (non-hydrogen) atoms. The number of benzene rings is 2. The third kappa shape index (κ3) is 4.84. The van der Waals surface area contributed by atoms with Crippen molar-refractivity contribution >= 4 is 29.2 Å². The molecule has 1 saturated heterocycles. The van der Waals surface area contributed by atoms with Crippen LogP contribution in [0.15, 0.2) is 59.7 Å². The number of aromatic nitrogens is 3. The Bertz CT molecular complexity index is 984. The van der Waals surface area contributed by atoms with Gasteiger partial charge in [0.25, 0.3) is 0 Å². The lowest BCUT2D eigenvalue weighted by molar-refractivity contribution is 0.628. The molecule has 2 N–H and O–H groups in total. The lowest BCUT2D eigenvalue weighted by atomic mass is 10.1. The number of hydrazone groups is 1. The molecule has 1 aliphatic heterocycles. The highest BCUT2D eigenvalue weighted by atomic mass is 19.1. The van der Waals surface area contributed by atoms with Gasteiger partial charge >= 0.3 is 0 Å². The monoisotopic (exact) mass is 391 g/mol. The highest BCUT2D eigenvalue weighted by molar-refractivity contribution is 5.98. The molecule has 0 aliphatic carbocycles. The van der Waals surface area contributed by atoms with Gasteiger partial charge in [0.15, 0.2) is 0 Å². The predicted octanol–water partition coefficient (Wildman–Crippen LogP) is 4.19. The Labute approximate surface area is 168 Å². The third-order valence-corrected chi connectivity index (χ3v) is 4.63. The van der Waals surface area contributed by atoms with Crippen LogP contribution in [0.4, 0.5) is 27.9 Å². The number of para-hydroxylation sites is 1. The minimum absolute atomic E-state index is 0.279. The lowest BCUT2D eigenvalue weighted by Gasteiger charge is -2.16. The van der Waals surface area contributed by atoms with Gasteiger partial charge in [-0.25, -0.2) is 9.82 Å². The van der Waals surface area contributed by atoms with Gasteiger partial charge < -0.3 is 10.2 Å². The van der Waals surface area contributed by atoms with E-state index in [1.165, 1.54) is 12.1 Å². The number of anilines is 4. The smallest absolute Gasteiger partial charge is 0.250 e. The summed E-state index contributed by atoms with van der Waals surface area (Å²) in [5.41, 5.74) is 5.32. The average molecular weight is 391 g/mol. The van der Waals surface area contributed by atoms with Gasteiger partial charge in [-0.3, -0.25) is 0 Å². The van der Waals surface area contributed by atoms with Crippen molar-refractivity contribution in [2.75, 3.05) is 28.7 Å². The van der Waals surface area contributed by atoms with Gasteiger partial charge in [0.2, 0.25) is 17.8 Å². The van der Waals surface area contributed by atoms with Crippen LogP contribution in [-0.2, 0) is 0 Å². The van der Waals surface area contributed by atoms with E-state index in [2.05, 4.69) is 35.7 Å². The van der Waals surface area contributed by atoms with Crippen LogP contribution in [0.5, 0.6) is 0 Å². The van der Waals surface area contributed by atoms with Crippen LogP contribution in [0.2, 0.25) is 0 Å². The summed E-state index contributed by atoms with van der Waals surface area (Å²) < 4.78 is 13.1. The van der Waals surface area contributed by atoms with Crippen molar-refractivity contribution in [3.63, 3.8) is 0 Å². The van der Waals surface area contributed by atoms with Gasteiger partial charge in [-0.15, -0.1) is 0 Å². The molecule has 0 saturated carbocycles. The first-order valence-corrected chi connectivity index (χ1v) is 9.57. The fourth-order valence-electron chi connectivity index (χ4n) is 3.07. The van der Waals surface area contributed by atoms with Crippen LogP contribution in [0.3, 0.4) is 0 Å². The summed E-state index contributed by atoms with van der Waals surface area (Å²) in [5, 5.41) is 7.57. The molecule has 8 heteroatoms. The topological polar surface area (TPSA) is 78.3 Å². The molecular formula is C21H22FN7. The van der Waals surface area contributed by atoms with E-state index in [9.17, 15) is 4.39 Å². The van der Waals surface area contributed by atoms with Gasteiger partial charge in [0.1, 0.15) is 5.82 Å². The van der Waals surface area contributed by atoms with Crippen LogP contribution in [-0.4, -0.2) is 33.8 Å². The highest BCUT2D eigenvalue weighted by Gasteiger charge is 2.17. The van der Waals surface area contributed by atoms with E-state index < -0.39 is 0 Å². The van der Waals surface area contributed by atoms with E-state index in [1.807, 2.05) is 37.3 Å². The Morgan fingerprint density at radius 1 is 0.931 bits per heavy atom. The molecule has 0 bridgehead atoms. The van der Waals surface area contributed by atoms with E-state index in [-0.39, 0.29) is 5.82 Å². The summed E-state index contributed by atoms with van der Waals surface area (Å²) in [4.78, 5) is 15.7. The predicted molar refractivity (Wildman–Crippen MR) is 113 cm³/mol. The molecule has 1 aliphatic rings. The first-order valence-electron chi connectivity index (χ1n) is 9.57. The maximum absolute atomic E-state index is 13.1. The van der Waals surface area contributed by atoms with Crippen LogP contribution >= 0.6 is 0 Å². The maximum atomic E-state index is 13.1. The fourth-order valence-corrected chi connectivity index (χ4v) is 3.07. The average Bonchev–Trinajstić information content (AvgIpc) is 3.28. The molecule has 3 aromatic rings. The maximum Gasteiger partial charge on any atom is 0.250 e. The molecule has 0 radical (unpaired) electrons. The zero-order chi connectivity index (χ0) is 20.1. The van der Waals surface area contributed by atoms with Gasteiger partial charge in [-0.1, -0.05) is 30.3 Å². The molecule has 2 aromatic carbocycles. The van der Waals surface area contributed by atoms with Crippen molar-refractivity contribution in [2.24, 2.45) is 5.10 Å². The van der Waals surface area contributed by atoms with E-state index in [0.717, 1.165) is 37.2 Å². The number of hydrogen-bond acceptors (Lipinski definition) is 7. The molecule has 4 rings (SSSR count). The quantitative estimate of drug-likeness (QED) is 0.485. The molecule has 7 nitrogen and oxygen atoms in total. The second kappa shape index (κ2) is 8.64. The minimum atomic E-state index is -0.279. The SMILES string of the molecule is C/C(=N\Nc1nc(Nc2ccccc2)nc(N2CCCC2)n1)c1ccc(F)cc1. The summed E-state index contributed by atoms with van der Waals surface area (Å²) in [6.07, 6.45) is 2.25. The van der Waals surface area contributed by atoms with Crippen LogP contribution in [0.25, 0.3) is 0 Å². The Balaban J connectivity index is 1.59. The summed E-state index contributed by atoms with van der Waals surface area (Å²) in [6.45, 7) is 3.68. The van der Waals surface area contributed by atoms with E-state index >= 15 is 0 Å². The number of nitrogens with one attached hydrogen (secondary N) is 2. The Morgan fingerprint density at radius 2 is 1.62 bits per heavy atom. The van der Waals surface area contributed by atoms with Crippen LogP contribution in [0.1, 0.15) is 25.3 Å². The highest BCUT2D eigenvalue weighted by Crippen LogP contribution is 2.21. The Hall–Kier alpha value is -3.55. The van der Waals surface area contributed by atoms with Crippen LogP contribution < -0.4 is 15.6 Å². The first-order chi connectivity index (χ1) is 14.2. The third-order valence-electron chi connectivity index (χ3n) is 4.63. The first kappa shape index (κ1) is 18.8. The van der Waals surface area contributed by atoms with Crippen molar-refractivity contribution < 1.29 is 4.39 Å². The van der Waals surface area contributed by atoms with Gasteiger partial charge in [-0.2, -0.15) is 20.1 Å².